The first-order chi connectivity index (χ1) is 14.4. The van der Waals surface area contributed by atoms with E-state index in [2.05, 4.69) is 34.6 Å². The van der Waals surface area contributed by atoms with Crippen LogP contribution in [0.2, 0.25) is 0 Å². The zero-order chi connectivity index (χ0) is 22.8. The predicted octanol–water partition coefficient (Wildman–Crippen LogP) is 4.86. The molecule has 0 aromatic heterocycles. The van der Waals surface area contributed by atoms with Crippen LogP contribution in [0.3, 0.4) is 0 Å². The molecule has 0 aromatic carbocycles. The van der Waals surface area contributed by atoms with Crippen LogP contribution >= 0.6 is 0 Å². The fourth-order valence-electron chi connectivity index (χ4n) is 8.30. The summed E-state index contributed by atoms with van der Waals surface area (Å²) in [5, 5.41) is 22.3. The largest absolute Gasteiger partial charge is 0.393 e. The lowest BCUT2D eigenvalue weighted by atomic mass is 9.45. The van der Waals surface area contributed by atoms with Crippen LogP contribution in [0, 0.1) is 40.4 Å². The highest BCUT2D eigenvalue weighted by Crippen LogP contribution is 2.67. The zero-order valence-corrected chi connectivity index (χ0v) is 20.1. The molecule has 2 N–H and O–H groups in total. The minimum absolute atomic E-state index is 0.0350. The summed E-state index contributed by atoms with van der Waals surface area (Å²) in [6.45, 7) is 10.9. The lowest BCUT2D eigenvalue weighted by Gasteiger charge is -2.61. The standard InChI is InChI=1S/C27H42O4/c1-16(2)12-19(29)13-17(3)20-6-7-21-22-15-24(30)23-14-18(28)8-9-26(23,5)27(22,31)11-10-25(20,21)4/h15-18,20-21,23,28,31H,6-14H2,1-5H3/t17-,18+,20-,21+,23-,25-,26+,27-/m0/s1. The van der Waals surface area contributed by atoms with Gasteiger partial charge in [0.1, 0.15) is 5.78 Å². The maximum absolute atomic E-state index is 13.2. The van der Waals surface area contributed by atoms with Gasteiger partial charge in [-0.25, -0.2) is 0 Å². The maximum atomic E-state index is 13.2. The lowest BCUT2D eigenvalue weighted by Crippen LogP contribution is -2.63. The smallest absolute Gasteiger partial charge is 0.159 e. The monoisotopic (exact) mass is 430 g/mol. The number of hydrogen-bond acceptors (Lipinski definition) is 4. The SMILES string of the molecule is CC(C)CC(=O)C[C@H](C)[C@@H]1CC[C@@H]2C3=CC(=O)[C@@H]4C[C@H](O)CC[C@@]4(C)[C@]3(O)CC[C@]21C. The number of aliphatic hydroxyl groups is 2. The quantitative estimate of drug-likeness (QED) is 0.653. The lowest BCUT2D eigenvalue weighted by molar-refractivity contribution is -0.166. The molecule has 0 radical (unpaired) electrons. The van der Waals surface area contributed by atoms with Crippen molar-refractivity contribution in [2.75, 3.05) is 0 Å². The van der Waals surface area contributed by atoms with Crippen LogP contribution in [0.5, 0.6) is 0 Å². The Kier molecular flexibility index (Phi) is 5.83. The Morgan fingerprint density at radius 2 is 1.77 bits per heavy atom. The Bertz CT molecular complexity index is 784. The molecule has 4 nitrogen and oxygen atoms in total. The Balaban J connectivity index is 1.61. The van der Waals surface area contributed by atoms with E-state index >= 15 is 0 Å². The topological polar surface area (TPSA) is 74.6 Å². The van der Waals surface area contributed by atoms with Crippen molar-refractivity contribution in [1.29, 1.82) is 0 Å². The summed E-state index contributed by atoms with van der Waals surface area (Å²) >= 11 is 0. The van der Waals surface area contributed by atoms with Gasteiger partial charge in [0.2, 0.25) is 0 Å². The Morgan fingerprint density at radius 1 is 1.06 bits per heavy atom. The van der Waals surface area contributed by atoms with E-state index in [4.69, 9.17) is 0 Å². The fraction of sp³-hybridized carbons (Fsp3) is 0.852. The van der Waals surface area contributed by atoms with Gasteiger partial charge in [-0.2, -0.15) is 0 Å². The van der Waals surface area contributed by atoms with Gasteiger partial charge in [0.15, 0.2) is 5.78 Å². The molecular formula is C27H42O4. The predicted molar refractivity (Wildman–Crippen MR) is 121 cm³/mol. The van der Waals surface area contributed by atoms with Crippen LogP contribution in [0.25, 0.3) is 0 Å². The Labute approximate surface area is 187 Å². The van der Waals surface area contributed by atoms with Gasteiger partial charge in [-0.3, -0.25) is 9.59 Å². The third kappa shape index (κ3) is 3.47. The maximum Gasteiger partial charge on any atom is 0.159 e. The molecule has 0 amide bonds. The number of hydrogen-bond donors (Lipinski definition) is 2. The number of allylic oxidation sites excluding steroid dienone is 1. The first-order valence-corrected chi connectivity index (χ1v) is 12.6. The highest BCUT2D eigenvalue weighted by Gasteiger charge is 2.66. The van der Waals surface area contributed by atoms with Gasteiger partial charge in [0.25, 0.3) is 0 Å². The van der Waals surface area contributed by atoms with Crippen LogP contribution in [0.1, 0.15) is 92.4 Å². The molecule has 4 aliphatic carbocycles. The summed E-state index contributed by atoms with van der Waals surface area (Å²) in [5.41, 5.74) is -0.412. The molecule has 3 saturated carbocycles. The van der Waals surface area contributed by atoms with Crippen LogP contribution in [0.4, 0.5) is 0 Å². The van der Waals surface area contributed by atoms with Crippen LogP contribution < -0.4 is 0 Å². The van der Waals surface area contributed by atoms with E-state index in [9.17, 15) is 19.8 Å². The molecule has 0 saturated heterocycles. The average Bonchev–Trinajstić information content (AvgIpc) is 3.02. The average molecular weight is 431 g/mol. The molecule has 0 spiro atoms. The van der Waals surface area contributed by atoms with Gasteiger partial charge >= 0.3 is 0 Å². The van der Waals surface area contributed by atoms with Crippen molar-refractivity contribution in [1.82, 2.24) is 0 Å². The first-order valence-electron chi connectivity index (χ1n) is 12.6. The summed E-state index contributed by atoms with van der Waals surface area (Å²) in [7, 11) is 0. The van der Waals surface area contributed by atoms with E-state index in [-0.39, 0.29) is 23.0 Å². The van der Waals surface area contributed by atoms with Crippen molar-refractivity contribution in [3.63, 3.8) is 0 Å². The van der Waals surface area contributed by atoms with Crippen molar-refractivity contribution in [3.05, 3.63) is 11.6 Å². The van der Waals surface area contributed by atoms with Crippen molar-refractivity contribution in [2.24, 2.45) is 40.4 Å². The number of Topliss-reactive ketones (excluding diaryl/α,β-unsaturated/α-hetero) is 1. The molecule has 4 rings (SSSR count). The summed E-state index contributed by atoms with van der Waals surface area (Å²) in [4.78, 5) is 25.7. The highest BCUT2D eigenvalue weighted by molar-refractivity contribution is 5.95. The minimum atomic E-state index is -0.943. The summed E-state index contributed by atoms with van der Waals surface area (Å²) in [6.07, 6.45) is 8.17. The second-order valence-electron chi connectivity index (χ2n) is 12.3. The van der Waals surface area contributed by atoms with Gasteiger partial charge in [0.05, 0.1) is 11.7 Å². The second kappa shape index (κ2) is 7.80. The molecule has 0 unspecified atom stereocenters. The summed E-state index contributed by atoms with van der Waals surface area (Å²) < 4.78 is 0. The molecule has 4 heteroatoms. The second-order valence-corrected chi connectivity index (χ2v) is 12.3. The third-order valence-corrected chi connectivity index (χ3v) is 10.0. The number of ketones is 2. The van der Waals surface area contributed by atoms with E-state index in [0.717, 1.165) is 24.8 Å². The van der Waals surface area contributed by atoms with Crippen molar-refractivity contribution in [3.8, 4) is 0 Å². The molecule has 3 fully saturated rings. The van der Waals surface area contributed by atoms with Gasteiger partial charge in [-0.15, -0.1) is 0 Å². The Morgan fingerprint density at radius 3 is 2.45 bits per heavy atom. The number of fused-ring (bicyclic) bond motifs is 5. The van der Waals surface area contributed by atoms with Crippen LogP contribution in [0.15, 0.2) is 11.6 Å². The molecule has 31 heavy (non-hydrogen) atoms. The molecule has 0 heterocycles. The van der Waals surface area contributed by atoms with Crippen molar-refractivity contribution in [2.45, 2.75) is 104 Å². The molecule has 0 aromatic rings. The van der Waals surface area contributed by atoms with E-state index in [1.807, 2.05) is 0 Å². The first kappa shape index (κ1) is 23.2. The molecule has 174 valence electrons. The number of rotatable bonds is 5. The van der Waals surface area contributed by atoms with Gasteiger partial charge in [-0.05, 0) is 85.7 Å². The van der Waals surface area contributed by atoms with Crippen molar-refractivity contribution >= 4 is 11.6 Å². The number of aliphatic hydroxyl groups excluding tert-OH is 1. The molecule has 0 bridgehead atoms. The number of carbonyl (C=O) groups is 2. The Hall–Kier alpha value is -1.00. The van der Waals surface area contributed by atoms with Gasteiger partial charge in [0, 0.05) is 24.2 Å². The molecule has 4 aliphatic rings. The van der Waals surface area contributed by atoms with Crippen LogP contribution in [-0.2, 0) is 9.59 Å². The van der Waals surface area contributed by atoms with E-state index in [1.165, 1.54) is 0 Å². The van der Waals surface area contributed by atoms with E-state index in [1.54, 1.807) is 6.08 Å². The fourth-order valence-corrected chi connectivity index (χ4v) is 8.30. The zero-order valence-electron chi connectivity index (χ0n) is 20.1. The van der Waals surface area contributed by atoms with Crippen LogP contribution in [-0.4, -0.2) is 33.5 Å². The van der Waals surface area contributed by atoms with E-state index < -0.39 is 17.1 Å². The molecular weight excluding hydrogens is 388 g/mol. The highest BCUT2D eigenvalue weighted by atomic mass is 16.3. The number of carbonyl (C=O) groups excluding carboxylic acids is 2. The molecule has 0 aliphatic heterocycles. The van der Waals surface area contributed by atoms with Gasteiger partial charge < -0.3 is 10.2 Å². The normalized spacial score (nSPS) is 45.5. The third-order valence-electron chi connectivity index (χ3n) is 10.0. The summed E-state index contributed by atoms with van der Waals surface area (Å²) in [6, 6.07) is 0. The van der Waals surface area contributed by atoms with Gasteiger partial charge in [-0.1, -0.05) is 34.6 Å². The summed E-state index contributed by atoms with van der Waals surface area (Å²) in [5.74, 6) is 1.59. The van der Waals surface area contributed by atoms with Crippen molar-refractivity contribution < 1.29 is 19.8 Å². The molecule has 8 atom stereocenters. The van der Waals surface area contributed by atoms with E-state index in [0.29, 0.717) is 62.1 Å². The minimum Gasteiger partial charge on any atom is -0.393 e.